The van der Waals surface area contributed by atoms with Gasteiger partial charge in [0.15, 0.2) is 0 Å². The van der Waals surface area contributed by atoms with Crippen molar-refractivity contribution < 1.29 is 21.0 Å². The molecule has 0 spiro atoms. The summed E-state index contributed by atoms with van der Waals surface area (Å²) in [5.74, 6) is -0.142. The van der Waals surface area contributed by atoms with Crippen LogP contribution in [0.25, 0.3) is 0 Å². The Morgan fingerprint density at radius 1 is 1.14 bits per heavy atom. The molecule has 21 heavy (non-hydrogen) atoms. The van der Waals surface area contributed by atoms with Crippen molar-refractivity contribution >= 4 is 20.1 Å². The van der Waals surface area contributed by atoms with Crippen LogP contribution in [0.5, 0.6) is 0 Å². The van der Waals surface area contributed by atoms with E-state index < -0.39 is 26.2 Å². The smallest absolute Gasteiger partial charge is 0.264 e. The fourth-order valence-electron chi connectivity index (χ4n) is 1.89. The molecule has 1 aromatic carbocycles. The Morgan fingerprint density at radius 2 is 1.67 bits per heavy atom. The minimum Gasteiger partial charge on any atom is -0.266 e. The van der Waals surface area contributed by atoms with Crippen LogP contribution in [-0.4, -0.2) is 35.7 Å². The monoisotopic (exact) mass is 335 g/mol. The topological polar surface area (TPSA) is 89.5 Å². The van der Waals surface area contributed by atoms with Gasteiger partial charge in [0, 0.05) is 6.54 Å². The Kier molecular flexibility index (Phi) is 5.92. The average molecular weight is 335 g/mol. The van der Waals surface area contributed by atoms with Crippen molar-refractivity contribution in [3.8, 4) is 0 Å². The van der Waals surface area contributed by atoms with Crippen LogP contribution in [0, 0.1) is 13.8 Å². The van der Waals surface area contributed by atoms with Gasteiger partial charge in [0.25, 0.3) is 10.1 Å². The van der Waals surface area contributed by atoms with Crippen LogP contribution in [0.4, 0.5) is 0 Å². The fraction of sp³-hybridized carbons (Fsp3) is 0.538. The van der Waals surface area contributed by atoms with Gasteiger partial charge in [0.05, 0.1) is 18.1 Å². The molecule has 1 rings (SSSR count). The van der Waals surface area contributed by atoms with Gasteiger partial charge in [-0.2, -0.15) is 8.42 Å². The second kappa shape index (κ2) is 6.87. The lowest BCUT2D eigenvalue weighted by molar-refractivity contribution is 0.234. The molecule has 0 aliphatic carbocycles. The number of benzene rings is 1. The van der Waals surface area contributed by atoms with E-state index >= 15 is 0 Å². The Morgan fingerprint density at radius 3 is 2.14 bits per heavy atom. The van der Waals surface area contributed by atoms with Crippen LogP contribution >= 0.6 is 0 Å². The second-order valence-corrected chi connectivity index (χ2v) is 8.50. The number of rotatable bonds is 7. The van der Waals surface area contributed by atoms with Crippen molar-refractivity contribution in [2.75, 3.05) is 12.8 Å². The molecule has 0 saturated heterocycles. The summed E-state index contributed by atoms with van der Waals surface area (Å²) < 4.78 is 53.1. The van der Waals surface area contributed by atoms with Crippen molar-refractivity contribution in [1.82, 2.24) is 4.72 Å². The zero-order valence-electron chi connectivity index (χ0n) is 12.6. The molecular weight excluding hydrogens is 314 g/mol. The predicted octanol–water partition coefficient (Wildman–Crippen LogP) is 1.09. The first kappa shape index (κ1) is 18.1. The Balaban J connectivity index is 2.71. The molecule has 1 N–H and O–H groups in total. The zero-order valence-corrected chi connectivity index (χ0v) is 14.2. The third-order valence-electron chi connectivity index (χ3n) is 2.91. The van der Waals surface area contributed by atoms with Gasteiger partial charge in [-0.3, -0.25) is 4.18 Å². The first-order valence-electron chi connectivity index (χ1n) is 6.41. The SMILES string of the molecule is Cc1cccc(C)c1CS(=O)(=O)NCC(C)OS(C)(=O)=O. The van der Waals surface area contributed by atoms with Gasteiger partial charge < -0.3 is 0 Å². The molecule has 0 radical (unpaired) electrons. The molecule has 0 aromatic heterocycles. The highest BCUT2D eigenvalue weighted by Gasteiger charge is 2.17. The van der Waals surface area contributed by atoms with Crippen LogP contribution in [0.3, 0.4) is 0 Å². The van der Waals surface area contributed by atoms with Crippen molar-refractivity contribution in [2.24, 2.45) is 0 Å². The number of nitrogens with one attached hydrogen (secondary N) is 1. The van der Waals surface area contributed by atoms with Gasteiger partial charge in [-0.15, -0.1) is 0 Å². The highest BCUT2D eigenvalue weighted by Crippen LogP contribution is 2.16. The van der Waals surface area contributed by atoms with E-state index in [0.717, 1.165) is 22.9 Å². The lowest BCUT2D eigenvalue weighted by Crippen LogP contribution is -2.34. The van der Waals surface area contributed by atoms with Gasteiger partial charge in [-0.05, 0) is 37.5 Å². The summed E-state index contributed by atoms with van der Waals surface area (Å²) in [6.45, 7) is 5.10. The summed E-state index contributed by atoms with van der Waals surface area (Å²) >= 11 is 0. The van der Waals surface area contributed by atoms with E-state index in [0.29, 0.717) is 0 Å². The van der Waals surface area contributed by atoms with Crippen LogP contribution < -0.4 is 4.72 Å². The molecule has 0 fully saturated rings. The van der Waals surface area contributed by atoms with E-state index in [2.05, 4.69) is 8.91 Å². The van der Waals surface area contributed by atoms with Crippen LogP contribution in [0.2, 0.25) is 0 Å². The molecule has 0 aliphatic heterocycles. The van der Waals surface area contributed by atoms with E-state index in [1.165, 1.54) is 6.92 Å². The van der Waals surface area contributed by atoms with Gasteiger partial charge >= 0.3 is 0 Å². The minimum atomic E-state index is -3.60. The Hall–Kier alpha value is -0.960. The zero-order chi connectivity index (χ0) is 16.3. The standard InChI is InChI=1S/C13H21NO5S2/c1-10-6-5-7-11(2)13(10)9-21(17,18)14-8-12(3)19-20(4,15)16/h5-7,12,14H,8-9H2,1-4H3. The lowest BCUT2D eigenvalue weighted by Gasteiger charge is -2.14. The lowest BCUT2D eigenvalue weighted by atomic mass is 10.1. The van der Waals surface area contributed by atoms with E-state index in [9.17, 15) is 16.8 Å². The van der Waals surface area contributed by atoms with Gasteiger partial charge in [-0.1, -0.05) is 18.2 Å². The Labute approximate surface area is 126 Å². The molecule has 0 amide bonds. The maximum atomic E-state index is 12.1. The normalized spacial score (nSPS) is 14.1. The molecule has 0 aliphatic rings. The first-order valence-corrected chi connectivity index (χ1v) is 9.88. The summed E-state index contributed by atoms with van der Waals surface area (Å²) in [5, 5.41) is 0. The average Bonchev–Trinajstić information content (AvgIpc) is 2.30. The molecule has 6 nitrogen and oxygen atoms in total. The summed E-state index contributed by atoms with van der Waals surface area (Å²) in [4.78, 5) is 0. The quantitative estimate of drug-likeness (QED) is 0.753. The molecule has 8 heteroatoms. The third-order valence-corrected chi connectivity index (χ3v) is 4.86. The molecular formula is C13H21NO5S2. The minimum absolute atomic E-state index is 0.0969. The van der Waals surface area contributed by atoms with E-state index in [1.54, 1.807) is 0 Å². The summed E-state index contributed by atoms with van der Waals surface area (Å²) in [7, 11) is -7.15. The van der Waals surface area contributed by atoms with Crippen LogP contribution in [-0.2, 0) is 30.1 Å². The van der Waals surface area contributed by atoms with Crippen molar-refractivity contribution in [2.45, 2.75) is 32.6 Å². The number of sulfonamides is 1. The molecule has 0 heterocycles. The summed E-state index contributed by atoms with van der Waals surface area (Å²) in [5.41, 5.74) is 2.56. The predicted molar refractivity (Wildman–Crippen MR) is 81.9 cm³/mol. The molecule has 1 unspecified atom stereocenters. The van der Waals surface area contributed by atoms with Crippen LogP contribution in [0.15, 0.2) is 18.2 Å². The first-order chi connectivity index (χ1) is 9.50. The summed E-state index contributed by atoms with van der Waals surface area (Å²) in [6, 6.07) is 5.58. The molecule has 0 saturated carbocycles. The number of hydrogen-bond donors (Lipinski definition) is 1. The Bertz CT molecular complexity index is 675. The van der Waals surface area contributed by atoms with Gasteiger partial charge in [-0.25, -0.2) is 13.1 Å². The van der Waals surface area contributed by atoms with Crippen molar-refractivity contribution in [1.29, 1.82) is 0 Å². The van der Waals surface area contributed by atoms with E-state index in [4.69, 9.17) is 0 Å². The third kappa shape index (κ3) is 6.56. The van der Waals surface area contributed by atoms with E-state index in [1.807, 2.05) is 32.0 Å². The molecule has 1 atom stereocenters. The molecule has 0 bridgehead atoms. The van der Waals surface area contributed by atoms with Crippen molar-refractivity contribution in [3.05, 3.63) is 34.9 Å². The van der Waals surface area contributed by atoms with Gasteiger partial charge in [0.2, 0.25) is 10.0 Å². The number of aryl methyl sites for hydroxylation is 2. The molecule has 120 valence electrons. The van der Waals surface area contributed by atoms with Crippen molar-refractivity contribution in [3.63, 3.8) is 0 Å². The summed E-state index contributed by atoms with van der Waals surface area (Å²) in [6.07, 6.45) is 0.169. The second-order valence-electron chi connectivity index (χ2n) is 5.09. The molecule has 1 aromatic rings. The fourth-order valence-corrected chi connectivity index (χ4v) is 3.99. The van der Waals surface area contributed by atoms with Gasteiger partial charge in [0.1, 0.15) is 0 Å². The number of hydrogen-bond acceptors (Lipinski definition) is 5. The maximum absolute atomic E-state index is 12.1. The van der Waals surface area contributed by atoms with Crippen LogP contribution in [0.1, 0.15) is 23.6 Å². The highest BCUT2D eigenvalue weighted by atomic mass is 32.2. The largest absolute Gasteiger partial charge is 0.266 e. The van der Waals surface area contributed by atoms with E-state index in [-0.39, 0.29) is 12.3 Å². The highest BCUT2D eigenvalue weighted by molar-refractivity contribution is 7.88. The maximum Gasteiger partial charge on any atom is 0.264 e.